The van der Waals surface area contributed by atoms with Crippen LogP contribution in [0.4, 0.5) is 5.69 Å². The second-order valence-corrected chi connectivity index (χ2v) is 5.01. The first-order valence-electron chi connectivity index (χ1n) is 5.44. The highest BCUT2D eigenvalue weighted by molar-refractivity contribution is 9.10. The molecule has 0 heterocycles. The molecule has 1 unspecified atom stereocenters. The molecule has 100 valence electrons. The highest BCUT2D eigenvalue weighted by Crippen LogP contribution is 2.24. The number of nitrogens with one attached hydrogen (secondary N) is 1. The molecule has 18 heavy (non-hydrogen) atoms. The molecule has 0 spiro atoms. The van der Waals surface area contributed by atoms with Crippen molar-refractivity contribution in [1.82, 2.24) is 0 Å². The van der Waals surface area contributed by atoms with Gasteiger partial charge >= 0.3 is 0 Å². The van der Waals surface area contributed by atoms with Crippen molar-refractivity contribution in [1.29, 1.82) is 0 Å². The van der Waals surface area contributed by atoms with E-state index in [1.807, 2.05) is 18.2 Å². The second kappa shape index (κ2) is 7.68. The normalized spacial score (nSPS) is 12.2. The van der Waals surface area contributed by atoms with Crippen LogP contribution in [0, 0.1) is 0 Å². The summed E-state index contributed by atoms with van der Waals surface area (Å²) in [6.07, 6.45) is -0.0202. The molecular weight excluding hydrogens is 316 g/mol. The van der Waals surface area contributed by atoms with Crippen LogP contribution in [0.5, 0.6) is 0 Å². The van der Waals surface area contributed by atoms with Crippen molar-refractivity contribution in [3.8, 4) is 0 Å². The Morgan fingerprint density at radius 1 is 1.50 bits per heavy atom. The third kappa shape index (κ3) is 4.20. The van der Waals surface area contributed by atoms with E-state index in [1.54, 1.807) is 14.2 Å². The number of thiocarbonyl (C=S) groups is 1. The summed E-state index contributed by atoms with van der Waals surface area (Å²) in [6.45, 7) is 1.15. The smallest absolute Gasteiger partial charge is 0.107 e. The third-order valence-electron chi connectivity index (χ3n) is 2.47. The Kier molecular flexibility index (Phi) is 6.56. The molecule has 0 saturated carbocycles. The van der Waals surface area contributed by atoms with Gasteiger partial charge in [0, 0.05) is 36.5 Å². The molecular formula is C12H17BrN2O2S. The molecule has 1 aromatic rings. The minimum Gasteiger partial charge on any atom is -0.389 e. The van der Waals surface area contributed by atoms with Gasteiger partial charge in [-0.05, 0) is 28.1 Å². The largest absolute Gasteiger partial charge is 0.389 e. The molecule has 0 saturated heterocycles. The molecule has 6 heteroatoms. The fraction of sp³-hybridized carbons (Fsp3) is 0.417. The monoisotopic (exact) mass is 332 g/mol. The van der Waals surface area contributed by atoms with Crippen molar-refractivity contribution < 1.29 is 9.47 Å². The standard InChI is InChI=1S/C12H17BrN2O2S/c1-16-7-8(17-2)6-15-10-5-3-4-9(13)11(10)12(14)18/h3-5,8,15H,6-7H2,1-2H3,(H2,14,18). The van der Waals surface area contributed by atoms with Gasteiger partial charge in [0.15, 0.2) is 0 Å². The van der Waals surface area contributed by atoms with Crippen molar-refractivity contribution in [3.05, 3.63) is 28.2 Å². The van der Waals surface area contributed by atoms with Gasteiger partial charge in [-0.2, -0.15) is 0 Å². The highest BCUT2D eigenvalue weighted by Gasteiger charge is 2.11. The van der Waals surface area contributed by atoms with Crippen LogP contribution in [-0.4, -0.2) is 38.5 Å². The minimum atomic E-state index is -0.0202. The number of halogens is 1. The highest BCUT2D eigenvalue weighted by atomic mass is 79.9. The van der Waals surface area contributed by atoms with Crippen LogP contribution >= 0.6 is 28.1 Å². The molecule has 3 N–H and O–H groups in total. The van der Waals surface area contributed by atoms with Crippen LogP contribution in [0.2, 0.25) is 0 Å². The van der Waals surface area contributed by atoms with Gasteiger partial charge in [0.2, 0.25) is 0 Å². The summed E-state index contributed by atoms with van der Waals surface area (Å²) >= 11 is 8.49. The number of methoxy groups -OCH3 is 2. The number of benzene rings is 1. The molecule has 1 atom stereocenters. The molecule has 0 fully saturated rings. The van der Waals surface area contributed by atoms with Crippen LogP contribution in [0.25, 0.3) is 0 Å². The van der Waals surface area contributed by atoms with E-state index in [1.165, 1.54) is 0 Å². The first-order valence-corrected chi connectivity index (χ1v) is 6.64. The number of hydrogen-bond donors (Lipinski definition) is 2. The fourth-order valence-electron chi connectivity index (χ4n) is 1.54. The Morgan fingerprint density at radius 2 is 2.22 bits per heavy atom. The quantitative estimate of drug-likeness (QED) is 0.749. The minimum absolute atomic E-state index is 0.0202. The van der Waals surface area contributed by atoms with Crippen molar-refractivity contribution in [3.63, 3.8) is 0 Å². The van der Waals surface area contributed by atoms with Gasteiger partial charge in [0.05, 0.1) is 12.7 Å². The first kappa shape index (κ1) is 15.4. The second-order valence-electron chi connectivity index (χ2n) is 3.72. The first-order chi connectivity index (χ1) is 8.60. The molecule has 1 rings (SSSR count). The number of hydrogen-bond acceptors (Lipinski definition) is 4. The van der Waals surface area contributed by atoms with Gasteiger partial charge < -0.3 is 20.5 Å². The summed E-state index contributed by atoms with van der Waals surface area (Å²) in [7, 11) is 3.30. The maximum Gasteiger partial charge on any atom is 0.107 e. The molecule has 0 radical (unpaired) electrons. The molecule has 0 aliphatic carbocycles. The molecule has 0 aromatic heterocycles. The predicted octanol–water partition coefficient (Wildman–Crippen LogP) is 2.16. The summed E-state index contributed by atoms with van der Waals surface area (Å²) in [4.78, 5) is 0.352. The lowest BCUT2D eigenvalue weighted by Crippen LogP contribution is -2.27. The summed E-state index contributed by atoms with van der Waals surface area (Å²) < 4.78 is 11.2. The molecule has 0 amide bonds. The lowest BCUT2D eigenvalue weighted by atomic mass is 10.1. The van der Waals surface area contributed by atoms with Gasteiger partial charge in [-0.25, -0.2) is 0 Å². The number of nitrogens with two attached hydrogens (primary N) is 1. The zero-order valence-electron chi connectivity index (χ0n) is 10.4. The number of ether oxygens (including phenoxy) is 2. The summed E-state index contributed by atoms with van der Waals surface area (Å²) in [5.74, 6) is 0. The van der Waals surface area contributed by atoms with E-state index in [0.29, 0.717) is 18.1 Å². The molecule has 4 nitrogen and oxygen atoms in total. The van der Waals surface area contributed by atoms with Gasteiger partial charge in [0.1, 0.15) is 4.99 Å². The Balaban J connectivity index is 2.78. The van der Waals surface area contributed by atoms with Crippen LogP contribution in [0.1, 0.15) is 5.56 Å². The molecule has 0 aliphatic heterocycles. The maximum atomic E-state index is 5.72. The van der Waals surface area contributed by atoms with E-state index in [9.17, 15) is 0 Å². The third-order valence-corrected chi connectivity index (χ3v) is 3.33. The van der Waals surface area contributed by atoms with Crippen molar-refractivity contribution in [2.24, 2.45) is 5.73 Å². The number of anilines is 1. The van der Waals surface area contributed by atoms with Gasteiger partial charge in [0.25, 0.3) is 0 Å². The van der Waals surface area contributed by atoms with E-state index in [2.05, 4.69) is 21.2 Å². The van der Waals surface area contributed by atoms with Crippen LogP contribution < -0.4 is 11.1 Å². The van der Waals surface area contributed by atoms with E-state index in [4.69, 9.17) is 27.4 Å². The number of rotatable bonds is 7. The fourth-order valence-corrected chi connectivity index (χ4v) is 2.47. The Labute approximate surface area is 121 Å². The average molecular weight is 333 g/mol. The summed E-state index contributed by atoms with van der Waals surface area (Å²) in [6, 6.07) is 5.76. The topological polar surface area (TPSA) is 56.5 Å². The predicted molar refractivity (Wildman–Crippen MR) is 81.2 cm³/mol. The van der Waals surface area contributed by atoms with Crippen LogP contribution in [-0.2, 0) is 9.47 Å². The van der Waals surface area contributed by atoms with E-state index < -0.39 is 0 Å². The summed E-state index contributed by atoms with van der Waals surface area (Å²) in [5, 5.41) is 3.27. The SMILES string of the molecule is COCC(CNc1cccc(Br)c1C(N)=S)OC. The Bertz CT molecular complexity index is 415. The van der Waals surface area contributed by atoms with Crippen LogP contribution in [0.15, 0.2) is 22.7 Å². The van der Waals surface area contributed by atoms with Gasteiger partial charge in [-0.1, -0.05) is 18.3 Å². The van der Waals surface area contributed by atoms with Crippen LogP contribution in [0.3, 0.4) is 0 Å². The van der Waals surface area contributed by atoms with E-state index in [0.717, 1.165) is 15.7 Å². The van der Waals surface area contributed by atoms with Crippen molar-refractivity contribution in [2.45, 2.75) is 6.10 Å². The van der Waals surface area contributed by atoms with Gasteiger partial charge in [-0.15, -0.1) is 0 Å². The Morgan fingerprint density at radius 3 is 2.78 bits per heavy atom. The molecule has 0 aliphatic rings. The van der Waals surface area contributed by atoms with Crippen molar-refractivity contribution >= 4 is 38.8 Å². The molecule has 1 aromatic carbocycles. The average Bonchev–Trinajstić information content (AvgIpc) is 2.33. The maximum absolute atomic E-state index is 5.72. The van der Waals surface area contributed by atoms with E-state index in [-0.39, 0.29) is 6.10 Å². The Hall–Kier alpha value is -0.690. The molecule has 0 bridgehead atoms. The lowest BCUT2D eigenvalue weighted by Gasteiger charge is -2.18. The van der Waals surface area contributed by atoms with Gasteiger partial charge in [-0.3, -0.25) is 0 Å². The lowest BCUT2D eigenvalue weighted by molar-refractivity contribution is 0.0365. The van der Waals surface area contributed by atoms with E-state index >= 15 is 0 Å². The zero-order chi connectivity index (χ0) is 13.5. The zero-order valence-corrected chi connectivity index (χ0v) is 12.8. The van der Waals surface area contributed by atoms with Crippen molar-refractivity contribution in [2.75, 3.05) is 32.7 Å². The summed E-state index contributed by atoms with van der Waals surface area (Å²) in [5.41, 5.74) is 7.41.